The molecule has 0 amide bonds. The van der Waals surface area contributed by atoms with E-state index in [0.717, 1.165) is 86.9 Å². The summed E-state index contributed by atoms with van der Waals surface area (Å²) < 4.78 is 9.10. The molecule has 9 aromatic carbocycles. The normalized spacial score (nSPS) is 12.2. The van der Waals surface area contributed by atoms with Gasteiger partial charge in [0.05, 0.1) is 22.4 Å². The quantitative estimate of drug-likeness (QED) is 0.142. The number of aryl methyl sites for hydroxylation is 4. The molecule has 4 aliphatic rings. The molecule has 12 aromatic rings. The average Bonchev–Trinajstić information content (AvgIpc) is 4.03. The summed E-state index contributed by atoms with van der Waals surface area (Å²) in [5, 5.41) is 2.15. The van der Waals surface area contributed by atoms with E-state index in [9.17, 15) is 0 Å². The Hall–Kier alpha value is -7.95. The summed E-state index contributed by atoms with van der Waals surface area (Å²) in [5.74, 6) is 1.41. The zero-order valence-corrected chi connectivity index (χ0v) is 45.2. The van der Waals surface area contributed by atoms with Crippen molar-refractivity contribution in [3.8, 4) is 61.7 Å². The molecule has 4 bridgehead atoms. The van der Waals surface area contributed by atoms with E-state index >= 15 is 0 Å². The number of imidazole rings is 1. The van der Waals surface area contributed by atoms with E-state index in [1.807, 2.05) is 36.5 Å². The third-order valence-corrected chi connectivity index (χ3v) is 14.7. The van der Waals surface area contributed by atoms with Gasteiger partial charge in [-0.1, -0.05) is 172 Å². The molecule has 4 aliphatic carbocycles. The number of aromatic nitrogens is 3. The maximum atomic E-state index is 6.73. The van der Waals surface area contributed by atoms with Crippen LogP contribution in [0.25, 0.3) is 94.7 Å². The first kappa shape index (κ1) is 49.3. The van der Waals surface area contributed by atoms with Crippen LogP contribution in [0.4, 0.5) is 0 Å². The van der Waals surface area contributed by atoms with Crippen molar-refractivity contribution < 1.29 is 24.5 Å². The van der Waals surface area contributed by atoms with Crippen LogP contribution >= 0.6 is 0 Å². The Morgan fingerprint density at radius 2 is 1.16 bits per heavy atom. The van der Waals surface area contributed by atoms with Crippen molar-refractivity contribution in [2.24, 2.45) is 0 Å². The Kier molecular flexibility index (Phi) is 14.1. The Balaban J connectivity index is 0.000000178. The van der Waals surface area contributed by atoms with Crippen molar-refractivity contribution >= 4 is 33.0 Å². The van der Waals surface area contributed by atoms with Gasteiger partial charge in [-0.05, 0) is 146 Å². The molecule has 0 saturated heterocycles. The number of para-hydroxylation sites is 2. The molecule has 5 heteroatoms. The maximum Gasteiger partial charge on any atom is 0.121 e. The molecule has 0 aliphatic heterocycles. The summed E-state index contributed by atoms with van der Waals surface area (Å²) in [6.07, 6.45) is 6.09. The van der Waals surface area contributed by atoms with Crippen LogP contribution in [0.1, 0.15) is 72.9 Å². The fraction of sp³-hybridized carbons (Fsp3) is 0.143. The van der Waals surface area contributed by atoms with Crippen LogP contribution < -0.4 is 0 Å². The van der Waals surface area contributed by atoms with Gasteiger partial charge >= 0.3 is 0 Å². The number of furan rings is 1. The topological polar surface area (TPSA) is 43.9 Å². The minimum Gasteiger partial charge on any atom is -0.501 e. The Bertz CT molecular complexity index is 3920. The predicted molar refractivity (Wildman–Crippen MR) is 307 cm³/mol. The van der Waals surface area contributed by atoms with Gasteiger partial charge in [0.25, 0.3) is 0 Å². The van der Waals surface area contributed by atoms with Crippen molar-refractivity contribution in [3.05, 3.63) is 258 Å². The number of rotatable bonds is 8. The molecular formula is C70H57IrN3O-2. The van der Waals surface area contributed by atoms with E-state index in [1.54, 1.807) is 0 Å². The number of pyridine rings is 1. The summed E-state index contributed by atoms with van der Waals surface area (Å²) >= 11 is 0. The number of hydrogen-bond acceptors (Lipinski definition) is 3. The van der Waals surface area contributed by atoms with Crippen LogP contribution in [-0.4, -0.2) is 14.5 Å². The van der Waals surface area contributed by atoms with Crippen molar-refractivity contribution in [1.82, 2.24) is 14.5 Å². The second kappa shape index (κ2) is 21.5. The SMILES string of the molecule is CC(C)c1cc(-c2ccccc2)cc(C(C)C)c1-n1c(-c2[c-]ccc3c2oc2cc(-c4ccccc4)ccc23)nc2ccccc21.[Ir].[c-]1ccccc1-c1ncccc1-c1cc2ccc1CCc1ccc(cc1)CC2. The Morgan fingerprint density at radius 1 is 0.507 bits per heavy atom. The zero-order valence-electron chi connectivity index (χ0n) is 42.8. The number of nitrogens with zero attached hydrogens (tertiary/aromatic N) is 3. The fourth-order valence-electron chi connectivity index (χ4n) is 10.8. The summed E-state index contributed by atoms with van der Waals surface area (Å²) in [6.45, 7) is 9.14. The van der Waals surface area contributed by atoms with Crippen LogP contribution in [-0.2, 0) is 45.8 Å². The summed E-state index contributed by atoms with van der Waals surface area (Å²) in [4.78, 5) is 10.0. The number of benzene rings is 9. The van der Waals surface area contributed by atoms with E-state index in [-0.39, 0.29) is 31.9 Å². The predicted octanol–water partition coefficient (Wildman–Crippen LogP) is 18.1. The van der Waals surface area contributed by atoms with Gasteiger partial charge in [-0.2, -0.15) is 0 Å². The van der Waals surface area contributed by atoms with E-state index < -0.39 is 0 Å². The summed E-state index contributed by atoms with van der Waals surface area (Å²) in [6, 6.07) is 80.3. The van der Waals surface area contributed by atoms with Gasteiger partial charge in [-0.15, -0.1) is 54.1 Å². The van der Waals surface area contributed by atoms with Gasteiger partial charge in [0, 0.05) is 37.4 Å². The van der Waals surface area contributed by atoms with Crippen LogP contribution in [0.3, 0.4) is 0 Å². The maximum absolute atomic E-state index is 6.73. The molecule has 3 aromatic heterocycles. The molecule has 75 heavy (non-hydrogen) atoms. The Labute approximate surface area is 454 Å². The molecule has 0 saturated carbocycles. The van der Waals surface area contributed by atoms with E-state index in [1.165, 1.54) is 66.9 Å². The molecule has 4 nitrogen and oxygen atoms in total. The molecule has 0 unspecified atom stereocenters. The number of fused-ring (bicyclic) bond motifs is 4. The smallest absolute Gasteiger partial charge is 0.121 e. The van der Waals surface area contributed by atoms with Gasteiger partial charge in [0.1, 0.15) is 5.58 Å². The first-order chi connectivity index (χ1) is 36.3. The first-order valence-corrected chi connectivity index (χ1v) is 26.1. The molecule has 0 fully saturated rings. The minimum absolute atomic E-state index is 0. The molecule has 3 heterocycles. The standard InChI is InChI=1S/C43H35N2O.C27H22N.Ir/c1-27(2)36-24-32(30-16-9-6-10-17-30)25-37(28(3)4)41(36)45-39-21-12-11-20-38(39)44-43(45)35-19-13-18-34-33-23-22-31(26-40(33)46-42(34)35)29-14-7-5-8-15-29;1-2-5-24(6-3-1)27-25(7-4-18-28-27)26-19-22-13-12-20-8-10-21(11-9-20)14-16-23(26)17-15-22;/h5-18,20-28H,1-4H3;1-5,7-11,15,17-19H,12-14,16H2;/q2*-1;. The minimum atomic E-state index is 0. The average molecular weight is 1150 g/mol. The van der Waals surface area contributed by atoms with Gasteiger partial charge in [-0.3, -0.25) is 4.98 Å². The second-order valence-corrected chi connectivity index (χ2v) is 20.2. The van der Waals surface area contributed by atoms with Gasteiger partial charge in [0.2, 0.25) is 0 Å². The van der Waals surface area contributed by atoms with Gasteiger partial charge in [0.15, 0.2) is 0 Å². The summed E-state index contributed by atoms with van der Waals surface area (Å²) in [7, 11) is 0. The van der Waals surface area contributed by atoms with Crippen molar-refractivity contribution in [2.45, 2.75) is 65.2 Å². The molecule has 0 atom stereocenters. The molecular weight excluding hydrogens is 1090 g/mol. The fourth-order valence-corrected chi connectivity index (χ4v) is 10.8. The van der Waals surface area contributed by atoms with E-state index in [2.05, 4.69) is 220 Å². The van der Waals surface area contributed by atoms with Gasteiger partial charge in [-0.25, -0.2) is 0 Å². The van der Waals surface area contributed by atoms with Crippen LogP contribution in [0, 0.1) is 12.1 Å². The van der Waals surface area contributed by atoms with Crippen molar-refractivity contribution in [3.63, 3.8) is 0 Å². The van der Waals surface area contributed by atoms with E-state index in [0.29, 0.717) is 0 Å². The van der Waals surface area contributed by atoms with Crippen molar-refractivity contribution in [1.29, 1.82) is 0 Å². The van der Waals surface area contributed by atoms with Crippen LogP contribution in [0.15, 0.2) is 217 Å². The Morgan fingerprint density at radius 3 is 1.87 bits per heavy atom. The third kappa shape index (κ3) is 9.83. The molecule has 369 valence electrons. The first-order valence-electron chi connectivity index (χ1n) is 26.1. The van der Waals surface area contributed by atoms with Crippen LogP contribution in [0.5, 0.6) is 0 Å². The van der Waals surface area contributed by atoms with Gasteiger partial charge < -0.3 is 14.0 Å². The molecule has 16 rings (SSSR count). The summed E-state index contributed by atoms with van der Waals surface area (Å²) in [5.41, 5.74) is 23.2. The monoisotopic (exact) mass is 1150 g/mol. The molecule has 0 spiro atoms. The van der Waals surface area contributed by atoms with E-state index in [4.69, 9.17) is 14.4 Å². The largest absolute Gasteiger partial charge is 0.501 e. The number of hydrogen-bond donors (Lipinski definition) is 0. The van der Waals surface area contributed by atoms with Crippen molar-refractivity contribution in [2.75, 3.05) is 0 Å². The zero-order chi connectivity index (χ0) is 50.1. The molecule has 0 N–H and O–H groups in total. The van der Waals surface area contributed by atoms with Crippen LogP contribution in [0.2, 0.25) is 0 Å². The second-order valence-electron chi connectivity index (χ2n) is 20.2. The molecule has 1 radical (unpaired) electrons. The third-order valence-electron chi connectivity index (χ3n) is 14.7.